The van der Waals surface area contributed by atoms with E-state index in [2.05, 4.69) is 15.5 Å². The fraction of sp³-hybridized carbons (Fsp3) is 0.870. The molecule has 7 nitrogen and oxygen atoms in total. The van der Waals surface area contributed by atoms with Crippen LogP contribution in [0.15, 0.2) is 0 Å². The van der Waals surface area contributed by atoms with Crippen LogP contribution in [0.25, 0.3) is 0 Å². The van der Waals surface area contributed by atoms with Gasteiger partial charge in [0.2, 0.25) is 17.7 Å². The number of piperazine rings is 1. The van der Waals surface area contributed by atoms with Crippen LogP contribution < -0.4 is 10.6 Å². The molecule has 30 heavy (non-hydrogen) atoms. The fourth-order valence-electron chi connectivity index (χ4n) is 6.80. The van der Waals surface area contributed by atoms with Gasteiger partial charge in [0.25, 0.3) is 0 Å². The summed E-state index contributed by atoms with van der Waals surface area (Å²) in [4.78, 5) is 42.3. The highest BCUT2D eigenvalue weighted by Crippen LogP contribution is 2.60. The second-order valence-corrected chi connectivity index (χ2v) is 10.7. The highest BCUT2D eigenvalue weighted by atomic mass is 16.2. The zero-order valence-electron chi connectivity index (χ0n) is 18.8. The van der Waals surface area contributed by atoms with E-state index in [0.717, 1.165) is 19.3 Å². The highest BCUT2D eigenvalue weighted by Gasteiger charge is 2.55. The summed E-state index contributed by atoms with van der Waals surface area (Å²) in [7, 11) is 1.64. The van der Waals surface area contributed by atoms with Crippen molar-refractivity contribution in [3.63, 3.8) is 0 Å². The second-order valence-electron chi connectivity index (χ2n) is 10.7. The molecular formula is C23H38N4O3. The van der Waals surface area contributed by atoms with Crippen LogP contribution in [0.5, 0.6) is 0 Å². The molecule has 1 saturated heterocycles. The molecule has 0 spiro atoms. The van der Waals surface area contributed by atoms with Crippen molar-refractivity contribution in [2.24, 2.45) is 29.1 Å². The van der Waals surface area contributed by atoms with E-state index in [-0.39, 0.29) is 29.1 Å². The van der Waals surface area contributed by atoms with Crippen LogP contribution in [0.4, 0.5) is 0 Å². The normalized spacial score (nSPS) is 34.1. The predicted molar refractivity (Wildman–Crippen MR) is 114 cm³/mol. The Labute approximate surface area is 180 Å². The largest absolute Gasteiger partial charge is 0.358 e. The lowest BCUT2D eigenvalue weighted by atomic mass is 9.49. The van der Waals surface area contributed by atoms with Crippen molar-refractivity contribution in [2.75, 3.05) is 39.8 Å². The first kappa shape index (κ1) is 21.6. The molecule has 168 valence electrons. The summed E-state index contributed by atoms with van der Waals surface area (Å²) in [6, 6.07) is -0.462. The molecule has 5 rings (SSSR count). The average molecular weight is 419 g/mol. The molecule has 1 aliphatic heterocycles. The Morgan fingerprint density at radius 2 is 1.47 bits per heavy atom. The molecule has 1 atom stereocenters. The van der Waals surface area contributed by atoms with Crippen LogP contribution in [0.3, 0.4) is 0 Å². The van der Waals surface area contributed by atoms with Crippen molar-refractivity contribution < 1.29 is 14.4 Å². The number of carbonyl (C=O) groups is 3. The Bertz CT molecular complexity index is 649. The summed E-state index contributed by atoms with van der Waals surface area (Å²) in [6.07, 6.45) is 6.96. The first-order valence-corrected chi connectivity index (χ1v) is 11.8. The lowest BCUT2D eigenvalue weighted by Crippen LogP contribution is -2.60. The number of amides is 3. The quantitative estimate of drug-likeness (QED) is 0.680. The van der Waals surface area contributed by atoms with Gasteiger partial charge >= 0.3 is 0 Å². The van der Waals surface area contributed by atoms with E-state index in [4.69, 9.17) is 0 Å². The molecular weight excluding hydrogens is 380 g/mol. The smallest absolute Gasteiger partial charge is 0.245 e. The van der Waals surface area contributed by atoms with E-state index in [0.29, 0.717) is 50.5 Å². The van der Waals surface area contributed by atoms with Gasteiger partial charge in [-0.1, -0.05) is 13.8 Å². The first-order chi connectivity index (χ1) is 14.3. The van der Waals surface area contributed by atoms with Gasteiger partial charge in [-0.3, -0.25) is 19.3 Å². The van der Waals surface area contributed by atoms with Crippen LogP contribution in [-0.2, 0) is 14.4 Å². The minimum Gasteiger partial charge on any atom is -0.358 e. The summed E-state index contributed by atoms with van der Waals surface area (Å²) in [5, 5.41) is 5.86. The monoisotopic (exact) mass is 418 g/mol. The molecule has 3 amide bonds. The molecule has 0 radical (unpaired) electrons. The van der Waals surface area contributed by atoms with Gasteiger partial charge in [0.15, 0.2) is 0 Å². The first-order valence-electron chi connectivity index (χ1n) is 11.8. The maximum absolute atomic E-state index is 13.5. The topological polar surface area (TPSA) is 81.8 Å². The van der Waals surface area contributed by atoms with Gasteiger partial charge in [-0.15, -0.1) is 0 Å². The summed E-state index contributed by atoms with van der Waals surface area (Å²) in [6.45, 7) is 6.99. The zero-order chi connectivity index (χ0) is 21.5. The second kappa shape index (κ2) is 8.48. The molecule has 4 saturated carbocycles. The molecule has 5 aliphatic rings. The van der Waals surface area contributed by atoms with E-state index in [1.165, 1.54) is 19.3 Å². The van der Waals surface area contributed by atoms with Gasteiger partial charge in [-0.25, -0.2) is 0 Å². The lowest BCUT2D eigenvalue weighted by Gasteiger charge is -2.56. The maximum Gasteiger partial charge on any atom is 0.245 e. The van der Waals surface area contributed by atoms with Gasteiger partial charge in [0.05, 0.1) is 6.54 Å². The number of hydrogen-bond donors (Lipinski definition) is 2. The predicted octanol–water partition coefficient (Wildman–Crippen LogP) is 1.23. The number of carbonyl (C=O) groups excluding carboxylic acids is 3. The SMILES string of the molecule is CNC(=O)CN1CCN(C(=O)C(NC(=O)C23CC4CC(CC(C4)C2)C3)C(C)C)CC1. The Morgan fingerprint density at radius 1 is 0.933 bits per heavy atom. The summed E-state index contributed by atoms with van der Waals surface area (Å²) < 4.78 is 0. The third-order valence-corrected chi connectivity index (χ3v) is 8.07. The molecule has 4 aliphatic carbocycles. The van der Waals surface area contributed by atoms with Crippen molar-refractivity contribution in [1.29, 1.82) is 0 Å². The van der Waals surface area contributed by atoms with Crippen LogP contribution in [0.1, 0.15) is 52.4 Å². The Kier molecular flexibility index (Phi) is 6.11. The van der Waals surface area contributed by atoms with Crippen LogP contribution in [-0.4, -0.2) is 73.3 Å². The molecule has 0 aromatic heterocycles. The number of rotatable bonds is 6. The Morgan fingerprint density at radius 3 is 1.93 bits per heavy atom. The van der Waals surface area contributed by atoms with Gasteiger partial charge in [0.1, 0.15) is 6.04 Å². The molecule has 1 unspecified atom stereocenters. The molecule has 0 aromatic carbocycles. The van der Waals surface area contributed by atoms with Crippen molar-refractivity contribution in [3.8, 4) is 0 Å². The van der Waals surface area contributed by atoms with E-state index in [1.807, 2.05) is 18.7 Å². The molecule has 5 fully saturated rings. The molecule has 2 N–H and O–H groups in total. The number of hydrogen-bond acceptors (Lipinski definition) is 4. The van der Waals surface area contributed by atoms with Crippen molar-refractivity contribution in [1.82, 2.24) is 20.4 Å². The number of nitrogens with zero attached hydrogens (tertiary/aromatic N) is 2. The number of likely N-dealkylation sites (N-methyl/N-ethyl adjacent to an activating group) is 1. The van der Waals surface area contributed by atoms with E-state index >= 15 is 0 Å². The molecule has 1 heterocycles. The highest BCUT2D eigenvalue weighted by molar-refractivity contribution is 5.90. The third-order valence-electron chi connectivity index (χ3n) is 8.07. The Hall–Kier alpha value is -1.63. The standard InChI is InChI=1S/C23H38N4O3/c1-15(2)20(21(29)27-6-4-26(5-7-27)14-19(28)24-3)25-22(30)23-11-16-8-17(12-23)10-18(9-16)13-23/h15-18,20H,4-14H2,1-3H3,(H,24,28)(H,25,30). The summed E-state index contributed by atoms with van der Waals surface area (Å²) >= 11 is 0. The van der Waals surface area contributed by atoms with E-state index in [1.54, 1.807) is 7.05 Å². The van der Waals surface area contributed by atoms with Crippen LogP contribution in [0, 0.1) is 29.1 Å². The summed E-state index contributed by atoms with van der Waals surface area (Å²) in [5.74, 6) is 2.35. The van der Waals surface area contributed by atoms with Gasteiger partial charge in [-0.05, 0) is 62.2 Å². The molecule has 7 heteroatoms. The Balaban J connectivity index is 1.37. The minimum atomic E-state index is -0.462. The zero-order valence-corrected chi connectivity index (χ0v) is 18.8. The molecule has 0 aromatic rings. The minimum absolute atomic E-state index is 0.00216. The van der Waals surface area contributed by atoms with Crippen LogP contribution >= 0.6 is 0 Å². The van der Waals surface area contributed by atoms with Gasteiger partial charge in [0, 0.05) is 38.6 Å². The number of nitrogens with one attached hydrogen (secondary N) is 2. The maximum atomic E-state index is 13.5. The lowest BCUT2D eigenvalue weighted by molar-refractivity contribution is -0.151. The van der Waals surface area contributed by atoms with Crippen molar-refractivity contribution >= 4 is 17.7 Å². The van der Waals surface area contributed by atoms with Crippen molar-refractivity contribution in [3.05, 3.63) is 0 Å². The van der Waals surface area contributed by atoms with Crippen molar-refractivity contribution in [2.45, 2.75) is 58.4 Å². The van der Waals surface area contributed by atoms with E-state index < -0.39 is 6.04 Å². The molecule has 4 bridgehead atoms. The van der Waals surface area contributed by atoms with E-state index in [9.17, 15) is 14.4 Å². The van der Waals surface area contributed by atoms with Gasteiger partial charge < -0.3 is 15.5 Å². The average Bonchev–Trinajstić information content (AvgIpc) is 2.70. The third kappa shape index (κ3) is 4.23. The van der Waals surface area contributed by atoms with Crippen LogP contribution in [0.2, 0.25) is 0 Å². The van der Waals surface area contributed by atoms with Gasteiger partial charge in [-0.2, -0.15) is 0 Å². The fourth-order valence-corrected chi connectivity index (χ4v) is 6.80. The summed E-state index contributed by atoms with van der Waals surface area (Å²) in [5.41, 5.74) is -0.228.